The molecule has 122 valence electrons. The zero-order chi connectivity index (χ0) is 15.4. The second kappa shape index (κ2) is 7.66. The first kappa shape index (κ1) is 16.9. The van der Waals surface area contributed by atoms with Crippen molar-refractivity contribution in [3.63, 3.8) is 0 Å². The van der Waals surface area contributed by atoms with Crippen molar-refractivity contribution in [3.05, 3.63) is 0 Å². The summed E-state index contributed by atoms with van der Waals surface area (Å²) >= 11 is 5.08. The van der Waals surface area contributed by atoms with Crippen molar-refractivity contribution in [2.45, 2.75) is 68.9 Å². The molecule has 2 aliphatic rings. The summed E-state index contributed by atoms with van der Waals surface area (Å²) < 4.78 is 10.9. The molecule has 7 nitrogen and oxygen atoms in total. The highest BCUT2D eigenvalue weighted by molar-refractivity contribution is 7.80. The van der Waals surface area contributed by atoms with Crippen molar-refractivity contribution in [2.24, 2.45) is 0 Å². The smallest absolute Gasteiger partial charge is 0.259 e. The third kappa shape index (κ3) is 4.24. The van der Waals surface area contributed by atoms with E-state index in [-0.39, 0.29) is 11.3 Å². The molecule has 0 aromatic heterocycles. The van der Waals surface area contributed by atoms with Crippen LogP contribution < -0.4 is 5.32 Å². The highest BCUT2D eigenvalue weighted by atomic mass is 32.1. The van der Waals surface area contributed by atoms with Gasteiger partial charge in [-0.05, 0) is 37.9 Å². The lowest BCUT2D eigenvalue weighted by atomic mass is 9.98. The van der Waals surface area contributed by atoms with E-state index in [9.17, 15) is 15.3 Å². The molecule has 5 atom stereocenters. The van der Waals surface area contributed by atoms with E-state index in [1.807, 2.05) is 0 Å². The molecule has 8 heteroatoms. The molecule has 0 aromatic rings. The van der Waals surface area contributed by atoms with E-state index in [1.165, 1.54) is 6.42 Å². The predicted molar refractivity (Wildman–Crippen MR) is 77.5 cm³/mol. The van der Waals surface area contributed by atoms with Gasteiger partial charge in [-0.25, -0.2) is 0 Å². The van der Waals surface area contributed by atoms with Gasteiger partial charge in [0.2, 0.25) is 0 Å². The Bertz CT molecular complexity index is 350. The molecule has 1 aliphatic heterocycles. The van der Waals surface area contributed by atoms with Crippen molar-refractivity contribution >= 4 is 17.4 Å². The van der Waals surface area contributed by atoms with Gasteiger partial charge < -0.3 is 35.2 Å². The maximum Gasteiger partial charge on any atom is 0.259 e. The second-order valence-electron chi connectivity index (χ2n) is 5.56. The van der Waals surface area contributed by atoms with Crippen LogP contribution in [0.1, 0.15) is 32.1 Å². The third-order valence-electron chi connectivity index (χ3n) is 3.98. The number of thiocarbonyl (C=S) groups is 1. The van der Waals surface area contributed by atoms with Crippen LogP contribution in [0.15, 0.2) is 0 Å². The number of hydrogen-bond acceptors (Lipinski definition) is 7. The molecule has 2 fully saturated rings. The van der Waals surface area contributed by atoms with Gasteiger partial charge in [0.1, 0.15) is 30.5 Å². The maximum absolute atomic E-state index is 9.88. The minimum atomic E-state index is -1.43. The Hall–Kier alpha value is -0.510. The SMILES string of the molecule is OC[C@@H]1O[C@@H](NC(=S)OC2CCCCC2)[C@@H](O)[C@H](O)[C@@H]1O. The topological polar surface area (TPSA) is 111 Å². The Balaban J connectivity index is 1.86. The molecule has 5 N–H and O–H groups in total. The van der Waals surface area contributed by atoms with E-state index in [1.54, 1.807) is 0 Å². The number of aliphatic hydroxyl groups is 4. The van der Waals surface area contributed by atoms with Gasteiger partial charge in [-0.15, -0.1) is 0 Å². The summed E-state index contributed by atoms with van der Waals surface area (Å²) in [6.45, 7) is -0.473. The number of rotatable bonds is 3. The summed E-state index contributed by atoms with van der Waals surface area (Å²) in [7, 11) is 0. The first-order valence-electron chi connectivity index (χ1n) is 7.30. The first-order chi connectivity index (χ1) is 10.0. The molecule has 1 aliphatic carbocycles. The summed E-state index contributed by atoms with van der Waals surface area (Å²) in [5.41, 5.74) is 0. The van der Waals surface area contributed by atoms with Crippen LogP contribution in [-0.4, -0.2) is 69.0 Å². The zero-order valence-corrected chi connectivity index (χ0v) is 12.5. The van der Waals surface area contributed by atoms with Crippen LogP contribution in [0.25, 0.3) is 0 Å². The Morgan fingerprint density at radius 2 is 1.76 bits per heavy atom. The van der Waals surface area contributed by atoms with E-state index in [4.69, 9.17) is 26.8 Å². The van der Waals surface area contributed by atoms with Crippen LogP contribution in [0, 0.1) is 0 Å². The average Bonchev–Trinajstić information content (AvgIpc) is 2.49. The quantitative estimate of drug-likeness (QED) is 0.421. The van der Waals surface area contributed by atoms with Crippen molar-refractivity contribution in [1.82, 2.24) is 5.32 Å². The van der Waals surface area contributed by atoms with Gasteiger partial charge in [0, 0.05) is 0 Å². The third-order valence-corrected chi connectivity index (χ3v) is 4.19. The average molecular weight is 321 g/mol. The molecule has 0 aromatic carbocycles. The summed E-state index contributed by atoms with van der Waals surface area (Å²) in [4.78, 5) is 0. The lowest BCUT2D eigenvalue weighted by Gasteiger charge is -2.40. The number of aliphatic hydroxyl groups excluding tert-OH is 4. The molecule has 0 bridgehead atoms. The van der Waals surface area contributed by atoms with E-state index in [0.29, 0.717) is 0 Å². The van der Waals surface area contributed by atoms with Crippen molar-refractivity contribution < 1.29 is 29.9 Å². The second-order valence-corrected chi connectivity index (χ2v) is 5.93. The summed E-state index contributed by atoms with van der Waals surface area (Å²) in [6, 6.07) is 0. The zero-order valence-electron chi connectivity index (χ0n) is 11.7. The molecule has 0 unspecified atom stereocenters. The molecular formula is C13H23NO6S. The molecule has 0 amide bonds. The van der Waals surface area contributed by atoms with Gasteiger partial charge in [0.25, 0.3) is 5.17 Å². The van der Waals surface area contributed by atoms with Crippen LogP contribution in [-0.2, 0) is 9.47 Å². The van der Waals surface area contributed by atoms with Gasteiger partial charge in [-0.3, -0.25) is 0 Å². The fraction of sp³-hybridized carbons (Fsp3) is 0.923. The van der Waals surface area contributed by atoms with Gasteiger partial charge in [-0.2, -0.15) is 0 Å². The standard InChI is InChI=1S/C13H23NO6S/c15-6-8-9(16)10(17)11(18)12(20-8)14-13(21)19-7-4-2-1-3-5-7/h7-12,15-18H,1-6H2,(H,14,21)/t8-,9+,10+,11-,12+/m0/s1. The monoisotopic (exact) mass is 321 g/mol. The maximum atomic E-state index is 9.88. The fourth-order valence-electron chi connectivity index (χ4n) is 2.71. The van der Waals surface area contributed by atoms with Crippen molar-refractivity contribution in [1.29, 1.82) is 0 Å². The minimum absolute atomic E-state index is 0.0589. The molecular weight excluding hydrogens is 298 g/mol. The summed E-state index contributed by atoms with van der Waals surface area (Å²) in [6.07, 6.45) is -0.809. The molecule has 21 heavy (non-hydrogen) atoms. The predicted octanol–water partition coefficient (Wildman–Crippen LogP) is -0.990. The van der Waals surface area contributed by atoms with Gasteiger partial charge in [0.05, 0.1) is 6.61 Å². The molecule has 0 spiro atoms. The van der Waals surface area contributed by atoms with Crippen LogP contribution in [0.5, 0.6) is 0 Å². The van der Waals surface area contributed by atoms with Gasteiger partial charge in [-0.1, -0.05) is 6.42 Å². The largest absolute Gasteiger partial charge is 0.468 e. The Morgan fingerprint density at radius 1 is 1.10 bits per heavy atom. The van der Waals surface area contributed by atoms with Crippen LogP contribution >= 0.6 is 12.2 Å². The lowest BCUT2D eigenvalue weighted by molar-refractivity contribution is -0.233. The van der Waals surface area contributed by atoms with E-state index in [2.05, 4.69) is 5.32 Å². The van der Waals surface area contributed by atoms with E-state index < -0.39 is 37.3 Å². The number of ether oxygens (including phenoxy) is 2. The van der Waals surface area contributed by atoms with Crippen molar-refractivity contribution in [3.8, 4) is 0 Å². The number of nitrogens with one attached hydrogen (secondary N) is 1. The van der Waals surface area contributed by atoms with Crippen LogP contribution in [0.3, 0.4) is 0 Å². The molecule has 1 heterocycles. The minimum Gasteiger partial charge on any atom is -0.468 e. The molecule has 2 rings (SSSR count). The molecule has 0 radical (unpaired) electrons. The fourth-order valence-corrected chi connectivity index (χ4v) is 2.96. The Labute approximate surface area is 128 Å². The van der Waals surface area contributed by atoms with Crippen LogP contribution in [0.4, 0.5) is 0 Å². The highest BCUT2D eigenvalue weighted by Gasteiger charge is 2.43. The lowest BCUT2D eigenvalue weighted by Crippen LogP contribution is -2.63. The van der Waals surface area contributed by atoms with Crippen LogP contribution in [0.2, 0.25) is 0 Å². The normalized spacial score (nSPS) is 38.0. The molecule has 1 saturated carbocycles. The van der Waals surface area contributed by atoms with Gasteiger partial charge >= 0.3 is 0 Å². The number of hydrogen-bond donors (Lipinski definition) is 5. The van der Waals surface area contributed by atoms with E-state index in [0.717, 1.165) is 25.7 Å². The Morgan fingerprint density at radius 3 is 2.38 bits per heavy atom. The molecule has 1 saturated heterocycles. The Kier molecular flexibility index (Phi) is 6.15. The highest BCUT2D eigenvalue weighted by Crippen LogP contribution is 2.22. The first-order valence-corrected chi connectivity index (χ1v) is 7.71. The van der Waals surface area contributed by atoms with E-state index >= 15 is 0 Å². The summed E-state index contributed by atoms with van der Waals surface area (Å²) in [5.74, 6) is 0. The van der Waals surface area contributed by atoms with Crippen molar-refractivity contribution in [2.75, 3.05) is 6.61 Å². The summed E-state index contributed by atoms with van der Waals surface area (Å²) in [5, 5.41) is 41.1. The van der Waals surface area contributed by atoms with Gasteiger partial charge in [0.15, 0.2) is 6.23 Å².